The summed E-state index contributed by atoms with van der Waals surface area (Å²) in [6.07, 6.45) is 6.27. The molecule has 20 heavy (non-hydrogen) atoms. The predicted octanol–water partition coefficient (Wildman–Crippen LogP) is 2.27. The molecule has 1 fully saturated rings. The van der Waals surface area contributed by atoms with E-state index in [1.165, 1.54) is 12.1 Å². The van der Waals surface area contributed by atoms with Gasteiger partial charge in [-0.3, -0.25) is 4.79 Å². The molecule has 1 amide bonds. The van der Waals surface area contributed by atoms with Crippen LogP contribution in [0, 0.1) is 17.7 Å². The van der Waals surface area contributed by atoms with Crippen LogP contribution in [-0.4, -0.2) is 18.2 Å². The SMILES string of the molecule is O=C(COc1ccccc1F)N/N=C1/C[C@H]2C=CC[C@H]12. The van der Waals surface area contributed by atoms with Gasteiger partial charge in [-0.1, -0.05) is 24.3 Å². The van der Waals surface area contributed by atoms with Crippen molar-refractivity contribution in [2.75, 3.05) is 6.61 Å². The zero-order valence-electron chi connectivity index (χ0n) is 10.9. The Balaban J connectivity index is 1.46. The molecule has 0 heterocycles. The molecule has 0 radical (unpaired) electrons. The molecule has 5 heteroatoms. The topological polar surface area (TPSA) is 50.7 Å². The third-order valence-corrected chi connectivity index (χ3v) is 3.68. The highest BCUT2D eigenvalue weighted by Crippen LogP contribution is 2.39. The third kappa shape index (κ3) is 2.57. The van der Waals surface area contributed by atoms with Gasteiger partial charge >= 0.3 is 0 Å². The Bertz CT molecular complexity index is 583. The Morgan fingerprint density at radius 2 is 2.30 bits per heavy atom. The number of rotatable bonds is 4. The smallest absolute Gasteiger partial charge is 0.277 e. The van der Waals surface area contributed by atoms with Gasteiger partial charge in [0.2, 0.25) is 0 Å². The summed E-state index contributed by atoms with van der Waals surface area (Å²) in [6, 6.07) is 5.99. The van der Waals surface area contributed by atoms with Gasteiger partial charge in [0.25, 0.3) is 5.91 Å². The number of allylic oxidation sites excluding steroid dienone is 2. The quantitative estimate of drug-likeness (QED) is 0.676. The predicted molar refractivity (Wildman–Crippen MR) is 72.8 cm³/mol. The van der Waals surface area contributed by atoms with Crippen molar-refractivity contribution in [3.8, 4) is 5.75 Å². The summed E-state index contributed by atoms with van der Waals surface area (Å²) in [6.45, 7) is -0.246. The highest BCUT2D eigenvalue weighted by atomic mass is 19.1. The highest BCUT2D eigenvalue weighted by Gasteiger charge is 2.37. The van der Waals surface area contributed by atoms with Crippen LogP contribution in [0.5, 0.6) is 5.75 Å². The fourth-order valence-electron chi connectivity index (χ4n) is 2.53. The van der Waals surface area contributed by atoms with Crippen molar-refractivity contribution in [3.05, 3.63) is 42.2 Å². The zero-order valence-corrected chi connectivity index (χ0v) is 10.9. The number of halogens is 1. The van der Waals surface area contributed by atoms with E-state index in [4.69, 9.17) is 4.74 Å². The van der Waals surface area contributed by atoms with Gasteiger partial charge < -0.3 is 4.74 Å². The van der Waals surface area contributed by atoms with E-state index >= 15 is 0 Å². The van der Waals surface area contributed by atoms with Gasteiger partial charge in [0, 0.05) is 11.6 Å². The summed E-state index contributed by atoms with van der Waals surface area (Å²) >= 11 is 0. The van der Waals surface area contributed by atoms with Gasteiger partial charge in [0.15, 0.2) is 18.2 Å². The number of hydrogen-bond donors (Lipinski definition) is 1. The lowest BCUT2D eigenvalue weighted by atomic mass is 9.74. The monoisotopic (exact) mass is 274 g/mol. The van der Waals surface area contributed by atoms with Gasteiger partial charge in [-0.05, 0) is 30.9 Å². The fourth-order valence-corrected chi connectivity index (χ4v) is 2.53. The van der Waals surface area contributed by atoms with Crippen LogP contribution in [0.15, 0.2) is 41.5 Å². The van der Waals surface area contributed by atoms with E-state index in [1.54, 1.807) is 12.1 Å². The largest absolute Gasteiger partial charge is 0.481 e. The Morgan fingerprint density at radius 3 is 3.10 bits per heavy atom. The summed E-state index contributed by atoms with van der Waals surface area (Å²) in [7, 11) is 0. The van der Waals surface area contributed by atoms with E-state index in [2.05, 4.69) is 22.7 Å². The second kappa shape index (κ2) is 5.45. The van der Waals surface area contributed by atoms with E-state index in [0.717, 1.165) is 18.6 Å². The van der Waals surface area contributed by atoms with Crippen molar-refractivity contribution >= 4 is 11.6 Å². The summed E-state index contributed by atoms with van der Waals surface area (Å²) in [5, 5.41) is 4.11. The number of para-hydroxylation sites is 1. The number of carbonyl (C=O) groups is 1. The maximum atomic E-state index is 13.3. The Kier molecular flexibility index (Phi) is 3.50. The molecular weight excluding hydrogens is 259 g/mol. The summed E-state index contributed by atoms with van der Waals surface area (Å²) in [5.41, 5.74) is 3.49. The molecule has 0 bridgehead atoms. The summed E-state index contributed by atoms with van der Waals surface area (Å²) < 4.78 is 18.4. The number of hydrazone groups is 1. The van der Waals surface area contributed by atoms with Crippen LogP contribution in [0.4, 0.5) is 4.39 Å². The van der Waals surface area contributed by atoms with Crippen molar-refractivity contribution in [1.29, 1.82) is 0 Å². The first kappa shape index (κ1) is 12.8. The van der Waals surface area contributed by atoms with E-state index in [1.807, 2.05) is 0 Å². The van der Waals surface area contributed by atoms with Crippen molar-refractivity contribution < 1.29 is 13.9 Å². The van der Waals surface area contributed by atoms with E-state index in [9.17, 15) is 9.18 Å². The third-order valence-electron chi connectivity index (χ3n) is 3.68. The van der Waals surface area contributed by atoms with Crippen molar-refractivity contribution in [2.45, 2.75) is 12.8 Å². The lowest BCUT2D eigenvalue weighted by molar-refractivity contribution is -0.123. The second-order valence-electron chi connectivity index (χ2n) is 5.00. The molecule has 0 unspecified atom stereocenters. The van der Waals surface area contributed by atoms with Crippen LogP contribution in [0.3, 0.4) is 0 Å². The Labute approximate surface area is 116 Å². The minimum atomic E-state index is -0.481. The molecule has 2 atom stereocenters. The fraction of sp³-hybridized carbons (Fsp3) is 0.333. The minimum absolute atomic E-state index is 0.0685. The molecule has 2 aliphatic rings. The highest BCUT2D eigenvalue weighted by molar-refractivity contribution is 5.94. The first-order valence-corrected chi connectivity index (χ1v) is 6.63. The summed E-state index contributed by atoms with van der Waals surface area (Å²) in [5.74, 6) is 0.266. The number of fused-ring (bicyclic) bond motifs is 1. The maximum Gasteiger partial charge on any atom is 0.277 e. The molecule has 104 valence electrons. The number of amides is 1. The average molecular weight is 274 g/mol. The first-order chi connectivity index (χ1) is 9.74. The molecule has 4 nitrogen and oxygen atoms in total. The normalized spacial score (nSPS) is 25.1. The standard InChI is InChI=1S/C15H15FN2O2/c16-12-6-1-2-7-14(12)20-9-15(19)18-17-13-8-10-4-3-5-11(10)13/h1-4,6-7,10-11H,5,8-9H2,(H,18,19)/b17-13-/t10-,11+/m1/s1. The second-order valence-corrected chi connectivity index (χ2v) is 5.00. The molecule has 1 N–H and O–H groups in total. The average Bonchev–Trinajstić information content (AvgIpc) is 2.80. The lowest BCUT2D eigenvalue weighted by Gasteiger charge is -2.31. The van der Waals surface area contributed by atoms with Crippen LogP contribution in [-0.2, 0) is 4.79 Å². The molecule has 1 aromatic carbocycles. The van der Waals surface area contributed by atoms with Crippen LogP contribution >= 0.6 is 0 Å². The Hall–Kier alpha value is -2.17. The minimum Gasteiger partial charge on any atom is -0.481 e. The van der Waals surface area contributed by atoms with Crippen molar-refractivity contribution in [2.24, 2.45) is 16.9 Å². The van der Waals surface area contributed by atoms with Crippen molar-refractivity contribution in [3.63, 3.8) is 0 Å². The van der Waals surface area contributed by atoms with Crippen LogP contribution in [0.1, 0.15) is 12.8 Å². The molecule has 0 aliphatic heterocycles. The molecule has 3 rings (SSSR count). The number of ether oxygens (including phenoxy) is 1. The molecule has 1 aromatic rings. The summed E-state index contributed by atoms with van der Waals surface area (Å²) in [4.78, 5) is 11.6. The lowest BCUT2D eigenvalue weighted by Crippen LogP contribution is -2.36. The number of carbonyl (C=O) groups excluding carboxylic acids is 1. The van der Waals surface area contributed by atoms with E-state index < -0.39 is 5.82 Å². The van der Waals surface area contributed by atoms with Crippen LogP contribution < -0.4 is 10.2 Å². The Morgan fingerprint density at radius 1 is 1.45 bits per heavy atom. The van der Waals surface area contributed by atoms with Crippen molar-refractivity contribution in [1.82, 2.24) is 5.43 Å². The number of hydrogen-bond acceptors (Lipinski definition) is 3. The van der Waals surface area contributed by atoms with E-state index in [-0.39, 0.29) is 18.3 Å². The maximum absolute atomic E-state index is 13.3. The zero-order chi connectivity index (χ0) is 13.9. The number of benzene rings is 1. The molecule has 2 aliphatic carbocycles. The van der Waals surface area contributed by atoms with Gasteiger partial charge in [0.05, 0.1) is 0 Å². The molecule has 1 saturated carbocycles. The first-order valence-electron chi connectivity index (χ1n) is 6.63. The molecule has 0 aromatic heterocycles. The van der Waals surface area contributed by atoms with Gasteiger partial charge in [0.1, 0.15) is 0 Å². The molecular formula is C15H15FN2O2. The van der Waals surface area contributed by atoms with Gasteiger partial charge in [-0.25, -0.2) is 9.82 Å². The number of nitrogens with one attached hydrogen (secondary N) is 1. The number of nitrogens with zero attached hydrogens (tertiary/aromatic N) is 1. The van der Waals surface area contributed by atoms with E-state index in [0.29, 0.717) is 11.8 Å². The van der Waals surface area contributed by atoms with Gasteiger partial charge in [-0.2, -0.15) is 5.10 Å². The van der Waals surface area contributed by atoms with Crippen LogP contribution in [0.25, 0.3) is 0 Å². The van der Waals surface area contributed by atoms with Crippen LogP contribution in [0.2, 0.25) is 0 Å². The molecule has 0 saturated heterocycles. The van der Waals surface area contributed by atoms with Gasteiger partial charge in [-0.15, -0.1) is 0 Å². The molecule has 0 spiro atoms.